The van der Waals surface area contributed by atoms with E-state index in [4.69, 9.17) is 0 Å². The Labute approximate surface area is 150 Å². The molecule has 1 aromatic heterocycles. The number of carbonyl (C=O) groups is 1. The fourth-order valence-corrected chi connectivity index (χ4v) is 3.89. The van der Waals surface area contributed by atoms with Crippen molar-refractivity contribution < 1.29 is 9.32 Å². The Kier molecular flexibility index (Phi) is 4.85. The molecule has 4 rings (SSSR count). The summed E-state index contributed by atoms with van der Waals surface area (Å²) < 4.78 is 4.51. The van der Waals surface area contributed by atoms with Gasteiger partial charge in [-0.15, -0.1) is 0 Å². The normalized spacial score (nSPS) is 23.8. The third kappa shape index (κ3) is 3.56. The van der Waals surface area contributed by atoms with Crippen molar-refractivity contribution in [3.05, 3.63) is 34.8 Å². The highest BCUT2D eigenvalue weighted by atomic mass is 16.5. The summed E-state index contributed by atoms with van der Waals surface area (Å²) in [5, 5.41) is 10.00. The summed E-state index contributed by atoms with van der Waals surface area (Å²) in [6.45, 7) is 3.04. The molecule has 2 aromatic rings. The van der Waals surface area contributed by atoms with Gasteiger partial charge in [-0.1, -0.05) is 11.6 Å². The fraction of sp³-hybridized carbons (Fsp3) is 0.500. The number of benzene rings is 1. The lowest BCUT2D eigenvalue weighted by Gasteiger charge is -2.34. The van der Waals surface area contributed by atoms with E-state index >= 15 is 0 Å². The van der Waals surface area contributed by atoms with Crippen LogP contribution in [0, 0.1) is 0 Å². The van der Waals surface area contributed by atoms with Crippen molar-refractivity contribution in [1.82, 2.24) is 20.4 Å². The van der Waals surface area contributed by atoms with Crippen LogP contribution in [-0.4, -0.2) is 52.7 Å². The van der Waals surface area contributed by atoms with Gasteiger partial charge in [-0.05, 0) is 63.2 Å². The lowest BCUT2D eigenvalue weighted by molar-refractivity contribution is -0.119. The van der Waals surface area contributed by atoms with Gasteiger partial charge in [0.25, 0.3) is 0 Å². The van der Waals surface area contributed by atoms with Gasteiger partial charge in [-0.3, -0.25) is 19.2 Å². The van der Waals surface area contributed by atoms with Gasteiger partial charge in [0.05, 0.1) is 0 Å². The SMILES string of the molecule is O=C(Nc1ccc(-c2noc(=O)[nH]2)cc1)C1NCCC1N1CCCCC1. The molecular formula is C18H23N5O3. The Bertz CT molecular complexity index is 807. The van der Waals surface area contributed by atoms with Crippen LogP contribution in [0.5, 0.6) is 0 Å². The van der Waals surface area contributed by atoms with Crippen molar-refractivity contribution in [1.29, 1.82) is 0 Å². The Hall–Kier alpha value is -2.45. The Morgan fingerprint density at radius 2 is 1.96 bits per heavy atom. The molecular weight excluding hydrogens is 334 g/mol. The maximum atomic E-state index is 12.8. The van der Waals surface area contributed by atoms with Gasteiger partial charge in [0, 0.05) is 17.3 Å². The van der Waals surface area contributed by atoms with Crippen LogP contribution >= 0.6 is 0 Å². The highest BCUT2D eigenvalue weighted by Crippen LogP contribution is 2.22. The monoisotopic (exact) mass is 357 g/mol. The lowest BCUT2D eigenvalue weighted by Crippen LogP contribution is -2.51. The number of nitrogens with one attached hydrogen (secondary N) is 3. The predicted octanol–water partition coefficient (Wildman–Crippen LogP) is 1.18. The number of hydrogen-bond donors (Lipinski definition) is 3. The number of H-pyrrole nitrogens is 1. The maximum Gasteiger partial charge on any atom is 0.439 e. The number of amides is 1. The average molecular weight is 357 g/mol. The quantitative estimate of drug-likeness (QED) is 0.759. The van der Waals surface area contributed by atoms with Crippen LogP contribution in [0.15, 0.2) is 33.6 Å². The molecule has 0 spiro atoms. The van der Waals surface area contributed by atoms with E-state index < -0.39 is 5.76 Å². The summed E-state index contributed by atoms with van der Waals surface area (Å²) in [6, 6.07) is 7.26. The second-order valence-electron chi connectivity index (χ2n) is 6.89. The highest BCUT2D eigenvalue weighted by Gasteiger charge is 2.36. The minimum atomic E-state index is -0.589. The van der Waals surface area contributed by atoms with E-state index in [2.05, 4.69) is 30.2 Å². The molecule has 1 aromatic carbocycles. The Morgan fingerprint density at radius 1 is 1.19 bits per heavy atom. The molecule has 2 saturated heterocycles. The van der Waals surface area contributed by atoms with Crippen LogP contribution < -0.4 is 16.4 Å². The Morgan fingerprint density at radius 3 is 2.65 bits per heavy atom. The second kappa shape index (κ2) is 7.43. The van der Waals surface area contributed by atoms with Crippen molar-refractivity contribution in [2.45, 2.75) is 37.8 Å². The van der Waals surface area contributed by atoms with E-state index in [-0.39, 0.29) is 18.0 Å². The number of aromatic amines is 1. The third-order valence-electron chi connectivity index (χ3n) is 5.20. The summed E-state index contributed by atoms with van der Waals surface area (Å²) in [4.78, 5) is 28.7. The highest BCUT2D eigenvalue weighted by molar-refractivity contribution is 5.95. The molecule has 2 aliphatic heterocycles. The molecule has 0 radical (unpaired) electrons. The summed E-state index contributed by atoms with van der Waals surface area (Å²) in [7, 11) is 0. The van der Waals surface area contributed by atoms with Crippen molar-refractivity contribution >= 4 is 11.6 Å². The predicted molar refractivity (Wildman–Crippen MR) is 96.8 cm³/mol. The smallest absolute Gasteiger partial charge is 0.325 e. The third-order valence-corrected chi connectivity index (χ3v) is 5.20. The number of likely N-dealkylation sites (tertiary alicyclic amines) is 1. The van der Waals surface area contributed by atoms with Crippen LogP contribution in [0.1, 0.15) is 25.7 Å². The van der Waals surface area contributed by atoms with Crippen molar-refractivity contribution in [2.24, 2.45) is 0 Å². The number of carbonyl (C=O) groups excluding carboxylic acids is 1. The largest absolute Gasteiger partial charge is 0.439 e. The van der Waals surface area contributed by atoms with Gasteiger partial charge < -0.3 is 10.6 Å². The summed E-state index contributed by atoms with van der Waals surface area (Å²) in [6.07, 6.45) is 4.74. The van der Waals surface area contributed by atoms with Gasteiger partial charge in [-0.2, -0.15) is 0 Å². The van der Waals surface area contributed by atoms with E-state index in [9.17, 15) is 9.59 Å². The number of nitrogens with zero attached hydrogens (tertiary/aromatic N) is 2. The molecule has 138 valence electrons. The molecule has 3 N–H and O–H groups in total. The zero-order valence-electron chi connectivity index (χ0n) is 14.5. The first-order valence-corrected chi connectivity index (χ1v) is 9.15. The molecule has 2 unspecified atom stereocenters. The topological polar surface area (TPSA) is 103 Å². The second-order valence-corrected chi connectivity index (χ2v) is 6.89. The molecule has 3 heterocycles. The first kappa shape index (κ1) is 17.0. The molecule has 0 bridgehead atoms. The summed E-state index contributed by atoms with van der Waals surface area (Å²) >= 11 is 0. The first-order chi connectivity index (χ1) is 12.7. The molecule has 1 amide bonds. The lowest BCUT2D eigenvalue weighted by atomic mass is 10.0. The van der Waals surface area contributed by atoms with Crippen LogP contribution in [0.2, 0.25) is 0 Å². The molecule has 2 fully saturated rings. The van der Waals surface area contributed by atoms with Crippen LogP contribution in [-0.2, 0) is 4.79 Å². The number of aromatic nitrogens is 2. The molecule has 8 heteroatoms. The van der Waals surface area contributed by atoms with E-state index in [1.54, 1.807) is 24.3 Å². The number of hydrogen-bond acceptors (Lipinski definition) is 6. The number of rotatable bonds is 4. The van der Waals surface area contributed by atoms with Crippen molar-refractivity contribution in [2.75, 3.05) is 25.0 Å². The fourth-order valence-electron chi connectivity index (χ4n) is 3.89. The zero-order chi connectivity index (χ0) is 17.9. The van der Waals surface area contributed by atoms with Crippen molar-refractivity contribution in [3.63, 3.8) is 0 Å². The van der Waals surface area contributed by atoms with Crippen LogP contribution in [0.3, 0.4) is 0 Å². The van der Waals surface area contributed by atoms with E-state index in [1.807, 2.05) is 0 Å². The molecule has 2 atom stereocenters. The average Bonchev–Trinajstić information content (AvgIpc) is 3.32. The van der Waals surface area contributed by atoms with E-state index in [0.29, 0.717) is 5.82 Å². The summed E-state index contributed by atoms with van der Waals surface area (Å²) in [5.74, 6) is -0.218. The molecule has 26 heavy (non-hydrogen) atoms. The van der Waals surface area contributed by atoms with Gasteiger partial charge in [0.15, 0.2) is 5.82 Å². The summed E-state index contributed by atoms with van der Waals surface area (Å²) in [5.41, 5.74) is 1.44. The molecule has 0 saturated carbocycles. The van der Waals surface area contributed by atoms with Gasteiger partial charge in [0.1, 0.15) is 6.04 Å². The minimum absolute atomic E-state index is 0.000617. The zero-order valence-corrected chi connectivity index (χ0v) is 14.5. The molecule has 8 nitrogen and oxygen atoms in total. The molecule has 2 aliphatic rings. The van der Waals surface area contributed by atoms with Gasteiger partial charge in [0.2, 0.25) is 5.91 Å². The number of anilines is 1. The van der Waals surface area contributed by atoms with Gasteiger partial charge in [-0.25, -0.2) is 4.79 Å². The van der Waals surface area contributed by atoms with E-state index in [1.165, 1.54) is 19.3 Å². The first-order valence-electron chi connectivity index (χ1n) is 9.15. The van der Waals surface area contributed by atoms with E-state index in [0.717, 1.165) is 37.3 Å². The van der Waals surface area contributed by atoms with Crippen LogP contribution in [0.4, 0.5) is 5.69 Å². The molecule has 0 aliphatic carbocycles. The number of piperidine rings is 1. The standard InChI is InChI=1S/C18H23N5O3/c24-17(15-14(8-9-19-15)23-10-2-1-3-11-23)20-13-6-4-12(5-7-13)16-21-18(25)26-22-16/h4-7,14-15,19H,1-3,8-11H2,(H,20,24)(H,21,22,25). The maximum absolute atomic E-state index is 12.8. The van der Waals surface area contributed by atoms with Gasteiger partial charge >= 0.3 is 5.76 Å². The van der Waals surface area contributed by atoms with Crippen LogP contribution in [0.25, 0.3) is 11.4 Å². The minimum Gasteiger partial charge on any atom is -0.325 e. The van der Waals surface area contributed by atoms with Crippen molar-refractivity contribution in [3.8, 4) is 11.4 Å². The Balaban J connectivity index is 1.41.